The Balaban J connectivity index is 1.73. The number of carboxylic acid groups (broad SMARTS) is 1. The number of hydrogen-bond donors (Lipinski definition) is 2. The number of likely N-dealkylation sites (N-methyl/N-ethyl adjacent to an activating group) is 1. The Kier molecular flexibility index (Phi) is 5.51. The van der Waals surface area contributed by atoms with E-state index in [-0.39, 0.29) is 24.2 Å². The first kappa shape index (κ1) is 20.8. The molecule has 0 saturated heterocycles. The Bertz CT molecular complexity index is 984. The highest BCUT2D eigenvalue weighted by Gasteiger charge is 2.45. The zero-order valence-electron chi connectivity index (χ0n) is 17.4. The van der Waals surface area contributed by atoms with Crippen molar-refractivity contribution in [1.29, 1.82) is 0 Å². The van der Waals surface area contributed by atoms with E-state index in [1.54, 1.807) is 12.1 Å². The van der Waals surface area contributed by atoms with Gasteiger partial charge in [0.25, 0.3) is 0 Å². The quantitative estimate of drug-likeness (QED) is 0.721. The highest BCUT2D eigenvalue weighted by Crippen LogP contribution is 2.52. The van der Waals surface area contributed by atoms with Crippen LogP contribution in [0.2, 0.25) is 0 Å². The number of rotatable bonds is 5. The second-order valence-electron chi connectivity index (χ2n) is 8.54. The molecule has 0 amide bonds. The van der Waals surface area contributed by atoms with E-state index in [0.29, 0.717) is 18.4 Å². The Morgan fingerprint density at radius 2 is 1.97 bits per heavy atom. The molecular formula is C25H28FNO3. The molecule has 0 fully saturated rings. The van der Waals surface area contributed by atoms with Gasteiger partial charge in [0, 0.05) is 18.5 Å². The van der Waals surface area contributed by atoms with Crippen LogP contribution in [0.25, 0.3) is 0 Å². The van der Waals surface area contributed by atoms with E-state index in [0.717, 1.165) is 29.8 Å². The topological polar surface area (TPSA) is 60.8 Å². The molecule has 0 bridgehead atoms. The van der Waals surface area contributed by atoms with Crippen LogP contribution in [0, 0.1) is 12.7 Å². The first-order chi connectivity index (χ1) is 14.3. The molecule has 0 aromatic heterocycles. The summed E-state index contributed by atoms with van der Waals surface area (Å²) in [6, 6.07) is 12.1. The van der Waals surface area contributed by atoms with Crippen LogP contribution < -0.4 is 0 Å². The van der Waals surface area contributed by atoms with Gasteiger partial charge in [-0.1, -0.05) is 54.5 Å². The third kappa shape index (κ3) is 3.68. The van der Waals surface area contributed by atoms with E-state index in [1.165, 1.54) is 17.7 Å². The molecular weight excluding hydrogens is 381 g/mol. The van der Waals surface area contributed by atoms with Crippen LogP contribution in [-0.2, 0) is 10.4 Å². The molecule has 1 aliphatic carbocycles. The van der Waals surface area contributed by atoms with Crippen molar-refractivity contribution in [2.75, 3.05) is 13.1 Å². The molecule has 3 unspecified atom stereocenters. The van der Waals surface area contributed by atoms with Crippen LogP contribution in [0.5, 0.6) is 0 Å². The van der Waals surface area contributed by atoms with E-state index < -0.39 is 11.6 Å². The number of hydrogen-bond acceptors (Lipinski definition) is 3. The molecule has 2 aliphatic rings. The summed E-state index contributed by atoms with van der Waals surface area (Å²) >= 11 is 0. The van der Waals surface area contributed by atoms with Crippen molar-refractivity contribution in [3.8, 4) is 0 Å². The van der Waals surface area contributed by atoms with Gasteiger partial charge in [-0.15, -0.1) is 0 Å². The lowest BCUT2D eigenvalue weighted by Crippen LogP contribution is -2.40. The second kappa shape index (κ2) is 7.97. The van der Waals surface area contributed by atoms with Crippen LogP contribution >= 0.6 is 0 Å². The maximum Gasteiger partial charge on any atom is 0.304 e. The predicted molar refractivity (Wildman–Crippen MR) is 114 cm³/mol. The molecule has 5 heteroatoms. The lowest BCUT2D eigenvalue weighted by atomic mass is 9.83. The fraction of sp³-hybridized carbons (Fsp3) is 0.400. The zero-order chi connectivity index (χ0) is 21.5. The summed E-state index contributed by atoms with van der Waals surface area (Å²) in [4.78, 5) is 13.6. The van der Waals surface area contributed by atoms with E-state index >= 15 is 0 Å². The molecule has 2 N–H and O–H groups in total. The molecule has 2 aromatic carbocycles. The minimum absolute atomic E-state index is 0.0188. The van der Waals surface area contributed by atoms with E-state index in [4.69, 9.17) is 0 Å². The maximum absolute atomic E-state index is 13.5. The molecule has 0 spiro atoms. The van der Waals surface area contributed by atoms with Crippen LogP contribution in [0.4, 0.5) is 4.39 Å². The minimum atomic E-state index is -1.19. The van der Waals surface area contributed by atoms with Gasteiger partial charge in [0.15, 0.2) is 0 Å². The Labute approximate surface area is 176 Å². The van der Waals surface area contributed by atoms with Gasteiger partial charge in [0.2, 0.25) is 0 Å². The van der Waals surface area contributed by atoms with Crippen molar-refractivity contribution in [2.45, 2.75) is 50.7 Å². The highest BCUT2D eigenvalue weighted by molar-refractivity contribution is 5.67. The van der Waals surface area contributed by atoms with Gasteiger partial charge in [-0.2, -0.15) is 0 Å². The molecule has 0 radical (unpaired) electrons. The summed E-state index contributed by atoms with van der Waals surface area (Å²) < 4.78 is 13.5. The molecule has 1 heterocycles. The summed E-state index contributed by atoms with van der Waals surface area (Å²) in [5.41, 5.74) is 3.76. The van der Waals surface area contributed by atoms with Gasteiger partial charge >= 0.3 is 5.97 Å². The van der Waals surface area contributed by atoms with Crippen LogP contribution in [0.3, 0.4) is 0 Å². The third-order valence-electron chi connectivity index (χ3n) is 6.69. The number of fused-ring (bicyclic) bond motifs is 1. The van der Waals surface area contributed by atoms with Gasteiger partial charge < -0.3 is 10.2 Å². The number of nitrogens with zero attached hydrogens (tertiary/aromatic N) is 1. The zero-order valence-corrected chi connectivity index (χ0v) is 17.4. The highest BCUT2D eigenvalue weighted by atomic mass is 19.1. The summed E-state index contributed by atoms with van der Waals surface area (Å²) in [5.74, 6) is -1.09. The van der Waals surface area contributed by atoms with Crippen molar-refractivity contribution in [1.82, 2.24) is 4.90 Å². The van der Waals surface area contributed by atoms with Gasteiger partial charge in [-0.25, -0.2) is 4.39 Å². The minimum Gasteiger partial charge on any atom is -0.481 e. The van der Waals surface area contributed by atoms with E-state index in [1.807, 2.05) is 19.1 Å². The average molecular weight is 410 g/mol. The Morgan fingerprint density at radius 1 is 1.23 bits per heavy atom. The molecule has 0 saturated carbocycles. The average Bonchev–Trinajstić information content (AvgIpc) is 3.01. The second-order valence-corrected chi connectivity index (χ2v) is 8.54. The first-order valence-corrected chi connectivity index (χ1v) is 10.6. The largest absolute Gasteiger partial charge is 0.481 e. The predicted octanol–water partition coefficient (Wildman–Crippen LogP) is 4.35. The van der Waals surface area contributed by atoms with Gasteiger partial charge in [0.1, 0.15) is 11.4 Å². The molecule has 158 valence electrons. The lowest BCUT2D eigenvalue weighted by molar-refractivity contribution is -0.138. The molecule has 30 heavy (non-hydrogen) atoms. The Morgan fingerprint density at radius 3 is 2.63 bits per heavy atom. The standard InChI is InChI=1S/C25H28FNO3/c1-3-27-11-10-17(13-20(27)14-24(28)29)22-15-25(30,18-5-7-19(26)8-6-18)23-9-4-16(2)12-21(22)23/h4-10,12,20,22,30H,3,11,13-15H2,1-2H3,(H,28,29). The van der Waals surface area contributed by atoms with Crippen molar-refractivity contribution in [2.24, 2.45) is 0 Å². The number of aliphatic carboxylic acids is 1. The van der Waals surface area contributed by atoms with E-state index in [2.05, 4.69) is 24.0 Å². The summed E-state index contributed by atoms with van der Waals surface area (Å²) in [5, 5.41) is 21.1. The normalized spacial score (nSPS) is 26.3. The molecule has 2 aromatic rings. The fourth-order valence-electron chi connectivity index (χ4n) is 5.13. The molecule has 4 nitrogen and oxygen atoms in total. The number of carbonyl (C=O) groups is 1. The van der Waals surface area contributed by atoms with Crippen LogP contribution in [0.15, 0.2) is 54.1 Å². The first-order valence-electron chi connectivity index (χ1n) is 10.6. The number of halogens is 1. The summed E-state index contributed by atoms with van der Waals surface area (Å²) in [6.45, 7) is 5.61. The molecule has 3 atom stereocenters. The molecule has 4 rings (SSSR count). The number of aliphatic hydroxyl groups is 1. The maximum atomic E-state index is 13.5. The van der Waals surface area contributed by atoms with Gasteiger partial charge in [-0.05, 0) is 55.1 Å². The monoisotopic (exact) mass is 409 g/mol. The van der Waals surface area contributed by atoms with Gasteiger partial charge in [-0.3, -0.25) is 9.69 Å². The number of benzene rings is 2. The van der Waals surface area contributed by atoms with Crippen LogP contribution in [0.1, 0.15) is 54.4 Å². The summed E-state index contributed by atoms with van der Waals surface area (Å²) in [6.07, 6.45) is 3.47. The summed E-state index contributed by atoms with van der Waals surface area (Å²) in [7, 11) is 0. The number of aryl methyl sites for hydroxylation is 1. The van der Waals surface area contributed by atoms with Crippen molar-refractivity contribution in [3.63, 3.8) is 0 Å². The van der Waals surface area contributed by atoms with Crippen molar-refractivity contribution in [3.05, 3.63) is 82.2 Å². The van der Waals surface area contributed by atoms with Gasteiger partial charge in [0.05, 0.1) is 6.42 Å². The van der Waals surface area contributed by atoms with Crippen molar-refractivity contribution >= 4 is 5.97 Å². The molecule has 1 aliphatic heterocycles. The van der Waals surface area contributed by atoms with Crippen LogP contribution in [-0.4, -0.2) is 40.2 Å². The van der Waals surface area contributed by atoms with E-state index in [9.17, 15) is 19.4 Å². The smallest absolute Gasteiger partial charge is 0.304 e. The number of carboxylic acids is 1. The lowest BCUT2D eigenvalue weighted by Gasteiger charge is -2.36. The SMILES string of the molecule is CCN1CC=C(C2CC(O)(c3ccc(F)cc3)c3ccc(C)cc32)CC1CC(=O)O. The third-order valence-corrected chi connectivity index (χ3v) is 6.69. The fourth-order valence-corrected chi connectivity index (χ4v) is 5.13. The Hall–Kier alpha value is -2.50. The van der Waals surface area contributed by atoms with Crippen molar-refractivity contribution < 1.29 is 19.4 Å².